The number of piperidine rings is 1. The Morgan fingerprint density at radius 1 is 0.941 bits per heavy atom. The number of nitrogen functional groups attached to an aromatic ring is 1. The summed E-state index contributed by atoms with van der Waals surface area (Å²) in [4.78, 5) is 2.55. The lowest BCUT2D eigenvalue weighted by Gasteiger charge is -2.42. The van der Waals surface area contributed by atoms with Crippen LogP contribution in [0, 0.1) is 11.8 Å². The second-order valence-electron chi connectivity index (χ2n) is 5.63. The molecular weight excluding hydrogens is 208 g/mol. The number of benzene rings is 1. The van der Waals surface area contributed by atoms with Crippen molar-refractivity contribution in [1.82, 2.24) is 0 Å². The lowest BCUT2D eigenvalue weighted by atomic mass is 9.75. The Morgan fingerprint density at radius 3 is 2.41 bits per heavy atom. The molecule has 1 aliphatic heterocycles. The van der Waals surface area contributed by atoms with Gasteiger partial charge < -0.3 is 10.6 Å². The van der Waals surface area contributed by atoms with Crippen molar-refractivity contribution >= 4 is 11.4 Å². The summed E-state index contributed by atoms with van der Waals surface area (Å²) in [7, 11) is 0. The smallest absolute Gasteiger partial charge is 0.0367 e. The minimum Gasteiger partial charge on any atom is -0.399 e. The first-order valence-electron chi connectivity index (χ1n) is 6.93. The van der Waals surface area contributed by atoms with Gasteiger partial charge in [0.2, 0.25) is 0 Å². The van der Waals surface area contributed by atoms with Gasteiger partial charge in [-0.15, -0.1) is 0 Å². The highest BCUT2D eigenvalue weighted by Gasteiger charge is 2.30. The molecule has 0 amide bonds. The van der Waals surface area contributed by atoms with Gasteiger partial charge in [0.1, 0.15) is 0 Å². The van der Waals surface area contributed by atoms with Crippen molar-refractivity contribution in [2.45, 2.75) is 32.1 Å². The Balaban J connectivity index is 1.71. The molecule has 1 aliphatic carbocycles. The van der Waals surface area contributed by atoms with E-state index in [1.807, 2.05) is 12.1 Å². The van der Waals surface area contributed by atoms with Crippen LogP contribution in [0.4, 0.5) is 11.4 Å². The third-order valence-electron chi connectivity index (χ3n) is 4.55. The molecule has 1 aromatic rings. The van der Waals surface area contributed by atoms with Crippen LogP contribution >= 0.6 is 0 Å². The first-order valence-corrected chi connectivity index (χ1v) is 6.93. The van der Waals surface area contributed by atoms with Gasteiger partial charge in [-0.2, -0.15) is 0 Å². The van der Waals surface area contributed by atoms with Crippen LogP contribution in [0.15, 0.2) is 24.3 Å². The van der Waals surface area contributed by atoms with E-state index < -0.39 is 0 Å². The maximum atomic E-state index is 5.74. The van der Waals surface area contributed by atoms with Gasteiger partial charge >= 0.3 is 0 Å². The third kappa shape index (κ3) is 2.26. The molecular formula is C15H22N2. The molecule has 2 atom stereocenters. The fourth-order valence-electron chi connectivity index (χ4n) is 3.52. The quantitative estimate of drug-likeness (QED) is 0.750. The van der Waals surface area contributed by atoms with E-state index in [9.17, 15) is 0 Å². The van der Waals surface area contributed by atoms with Gasteiger partial charge in [-0.05, 0) is 48.9 Å². The predicted molar refractivity (Wildman–Crippen MR) is 73.1 cm³/mol. The van der Waals surface area contributed by atoms with E-state index in [1.165, 1.54) is 50.9 Å². The van der Waals surface area contributed by atoms with Gasteiger partial charge in [-0.25, -0.2) is 0 Å². The zero-order valence-electron chi connectivity index (χ0n) is 10.4. The third-order valence-corrected chi connectivity index (χ3v) is 4.55. The highest BCUT2D eigenvalue weighted by atomic mass is 15.1. The Bertz CT molecular complexity index is 371. The second-order valence-corrected chi connectivity index (χ2v) is 5.63. The average Bonchev–Trinajstić information content (AvgIpc) is 2.39. The topological polar surface area (TPSA) is 29.3 Å². The number of nitrogens with two attached hydrogens (primary N) is 1. The highest BCUT2D eigenvalue weighted by molar-refractivity contribution is 5.53. The van der Waals surface area contributed by atoms with E-state index in [-0.39, 0.29) is 0 Å². The molecule has 3 rings (SSSR count). The lowest BCUT2D eigenvalue weighted by molar-refractivity contribution is 0.202. The summed E-state index contributed by atoms with van der Waals surface area (Å²) in [6.45, 7) is 2.49. The molecule has 2 aliphatic rings. The largest absolute Gasteiger partial charge is 0.399 e. The van der Waals surface area contributed by atoms with Crippen molar-refractivity contribution in [2.75, 3.05) is 23.7 Å². The van der Waals surface area contributed by atoms with Gasteiger partial charge in [0, 0.05) is 24.5 Å². The Labute approximate surface area is 104 Å². The minimum atomic E-state index is 0.862. The van der Waals surface area contributed by atoms with Crippen LogP contribution in [-0.2, 0) is 0 Å². The van der Waals surface area contributed by atoms with Crippen molar-refractivity contribution < 1.29 is 0 Å². The molecule has 2 unspecified atom stereocenters. The maximum absolute atomic E-state index is 5.74. The predicted octanol–water partition coefficient (Wildman–Crippen LogP) is 3.29. The number of hydrogen-bond donors (Lipinski definition) is 1. The summed E-state index contributed by atoms with van der Waals surface area (Å²) in [5.74, 6) is 1.95. The van der Waals surface area contributed by atoms with Crippen LogP contribution < -0.4 is 10.6 Å². The van der Waals surface area contributed by atoms with Crippen LogP contribution in [0.1, 0.15) is 32.1 Å². The van der Waals surface area contributed by atoms with Crippen molar-refractivity contribution in [3.63, 3.8) is 0 Å². The van der Waals surface area contributed by atoms with Gasteiger partial charge in [0.25, 0.3) is 0 Å². The van der Waals surface area contributed by atoms with Crippen LogP contribution in [0.25, 0.3) is 0 Å². The number of hydrogen-bond acceptors (Lipinski definition) is 2. The van der Waals surface area contributed by atoms with E-state index in [2.05, 4.69) is 17.0 Å². The van der Waals surface area contributed by atoms with Crippen LogP contribution in [0.5, 0.6) is 0 Å². The fraction of sp³-hybridized carbons (Fsp3) is 0.600. The summed E-state index contributed by atoms with van der Waals surface area (Å²) in [5.41, 5.74) is 7.96. The number of rotatable bonds is 1. The van der Waals surface area contributed by atoms with Crippen molar-refractivity contribution in [3.8, 4) is 0 Å². The molecule has 0 bridgehead atoms. The van der Waals surface area contributed by atoms with E-state index in [4.69, 9.17) is 5.73 Å². The van der Waals surface area contributed by atoms with Gasteiger partial charge in [-0.3, -0.25) is 0 Å². The van der Waals surface area contributed by atoms with Crippen LogP contribution in [0.2, 0.25) is 0 Å². The zero-order chi connectivity index (χ0) is 11.7. The molecule has 2 N–H and O–H groups in total. The van der Waals surface area contributed by atoms with E-state index >= 15 is 0 Å². The van der Waals surface area contributed by atoms with Crippen molar-refractivity contribution in [2.24, 2.45) is 11.8 Å². The molecule has 2 heteroatoms. The van der Waals surface area contributed by atoms with Gasteiger partial charge in [0.05, 0.1) is 0 Å². The fourth-order valence-corrected chi connectivity index (χ4v) is 3.52. The summed E-state index contributed by atoms with van der Waals surface area (Å²) < 4.78 is 0. The monoisotopic (exact) mass is 230 g/mol. The van der Waals surface area contributed by atoms with Crippen molar-refractivity contribution in [3.05, 3.63) is 24.3 Å². The molecule has 1 aromatic carbocycles. The molecule has 17 heavy (non-hydrogen) atoms. The molecule has 0 spiro atoms. The van der Waals surface area contributed by atoms with Gasteiger partial charge in [-0.1, -0.05) is 19.3 Å². The van der Waals surface area contributed by atoms with E-state index in [0.29, 0.717) is 0 Å². The van der Waals surface area contributed by atoms with Gasteiger partial charge in [0.15, 0.2) is 0 Å². The van der Waals surface area contributed by atoms with E-state index in [1.54, 1.807) is 0 Å². The first kappa shape index (κ1) is 10.9. The molecule has 2 fully saturated rings. The van der Waals surface area contributed by atoms with E-state index in [0.717, 1.165) is 17.5 Å². The second kappa shape index (κ2) is 4.59. The van der Waals surface area contributed by atoms with Crippen LogP contribution in [-0.4, -0.2) is 13.1 Å². The standard InChI is InChI=1S/C15H22N2/c16-14-5-7-15(8-6-14)17-10-9-12-3-1-2-4-13(12)11-17/h5-8,12-13H,1-4,9-11,16H2. The number of nitrogens with zero attached hydrogens (tertiary/aromatic N) is 1. The highest BCUT2D eigenvalue weighted by Crippen LogP contribution is 2.37. The molecule has 92 valence electrons. The Hall–Kier alpha value is -1.18. The normalized spacial score (nSPS) is 28.8. The molecule has 1 saturated carbocycles. The summed E-state index contributed by atoms with van der Waals surface area (Å²) in [6.07, 6.45) is 7.20. The first-order chi connectivity index (χ1) is 8.33. The SMILES string of the molecule is Nc1ccc(N2CCC3CCCCC3C2)cc1. The van der Waals surface area contributed by atoms with Crippen molar-refractivity contribution in [1.29, 1.82) is 0 Å². The molecule has 1 saturated heterocycles. The Morgan fingerprint density at radius 2 is 1.65 bits per heavy atom. The number of anilines is 2. The lowest BCUT2D eigenvalue weighted by Crippen LogP contribution is -2.41. The zero-order valence-corrected chi connectivity index (χ0v) is 10.4. The van der Waals surface area contributed by atoms with Crippen LogP contribution in [0.3, 0.4) is 0 Å². The summed E-state index contributed by atoms with van der Waals surface area (Å²) >= 11 is 0. The molecule has 1 heterocycles. The molecule has 0 radical (unpaired) electrons. The molecule has 2 nitrogen and oxygen atoms in total. The number of fused-ring (bicyclic) bond motifs is 1. The molecule has 0 aromatic heterocycles. The average molecular weight is 230 g/mol. The maximum Gasteiger partial charge on any atom is 0.0367 e. The summed E-state index contributed by atoms with van der Waals surface area (Å²) in [5, 5.41) is 0. The minimum absolute atomic E-state index is 0.862. The Kier molecular flexibility index (Phi) is 2.96. The summed E-state index contributed by atoms with van der Waals surface area (Å²) in [6, 6.07) is 8.36.